The molecule has 0 spiro atoms. The van der Waals surface area contributed by atoms with E-state index in [0.717, 1.165) is 4.31 Å². The van der Waals surface area contributed by atoms with Crippen LogP contribution in [0.2, 0.25) is 0 Å². The van der Waals surface area contributed by atoms with E-state index < -0.39 is 16.2 Å². The summed E-state index contributed by atoms with van der Waals surface area (Å²) in [5.41, 5.74) is 0. The number of carbonyl (C=O) groups excluding carboxylic acids is 1. The quantitative estimate of drug-likeness (QED) is 0.716. The summed E-state index contributed by atoms with van der Waals surface area (Å²) in [6.45, 7) is 2.59. The molecule has 0 bridgehead atoms. The van der Waals surface area contributed by atoms with Crippen molar-refractivity contribution in [3.8, 4) is 0 Å². The number of methoxy groups -OCH3 is 1. The fraction of sp³-hybridized carbons (Fsp3) is 0.600. The Morgan fingerprint density at radius 1 is 1.58 bits per heavy atom. The van der Waals surface area contributed by atoms with E-state index in [4.69, 9.17) is 0 Å². The molecule has 9 heteroatoms. The van der Waals surface area contributed by atoms with Gasteiger partial charge in [0.2, 0.25) is 0 Å². The Morgan fingerprint density at radius 2 is 2.26 bits per heavy atom. The van der Waals surface area contributed by atoms with Gasteiger partial charge in [-0.3, -0.25) is 14.2 Å². The van der Waals surface area contributed by atoms with Crippen LogP contribution >= 0.6 is 0 Å². The number of rotatable bonds is 7. The third kappa shape index (κ3) is 4.52. The minimum Gasteiger partial charge on any atom is -0.469 e. The lowest BCUT2D eigenvalue weighted by Gasteiger charge is -2.16. The van der Waals surface area contributed by atoms with Gasteiger partial charge in [-0.15, -0.1) is 0 Å². The molecule has 0 fully saturated rings. The van der Waals surface area contributed by atoms with Crippen LogP contribution in [0.5, 0.6) is 0 Å². The van der Waals surface area contributed by atoms with Crippen LogP contribution in [0.4, 0.5) is 5.82 Å². The normalized spacial score (nSPS) is 11.6. The highest BCUT2D eigenvalue weighted by Crippen LogP contribution is 2.08. The summed E-state index contributed by atoms with van der Waals surface area (Å²) in [6, 6.07) is 1.56. The van der Waals surface area contributed by atoms with Crippen molar-refractivity contribution < 1.29 is 17.9 Å². The predicted molar refractivity (Wildman–Crippen MR) is 69.7 cm³/mol. The van der Waals surface area contributed by atoms with Crippen LogP contribution in [0.15, 0.2) is 12.3 Å². The first-order chi connectivity index (χ1) is 8.89. The average molecular weight is 290 g/mol. The molecule has 1 heterocycles. The van der Waals surface area contributed by atoms with Crippen molar-refractivity contribution in [2.45, 2.75) is 19.9 Å². The molecule has 1 rings (SSSR count). The maximum Gasteiger partial charge on any atom is 0.306 e. The number of hydrogen-bond acceptors (Lipinski definition) is 5. The Morgan fingerprint density at radius 3 is 2.79 bits per heavy atom. The van der Waals surface area contributed by atoms with E-state index in [-0.39, 0.29) is 18.8 Å². The highest BCUT2D eigenvalue weighted by molar-refractivity contribution is 7.90. The Hall–Kier alpha value is -1.61. The summed E-state index contributed by atoms with van der Waals surface area (Å²) in [5.74, 6) is -0.218. The zero-order chi connectivity index (χ0) is 14.5. The lowest BCUT2D eigenvalue weighted by Crippen LogP contribution is -2.34. The van der Waals surface area contributed by atoms with Crippen molar-refractivity contribution >= 4 is 22.0 Å². The monoisotopic (exact) mass is 290 g/mol. The van der Waals surface area contributed by atoms with Crippen molar-refractivity contribution in [3.05, 3.63) is 12.3 Å². The molecule has 1 aromatic heterocycles. The molecule has 0 atom stereocenters. The van der Waals surface area contributed by atoms with Crippen LogP contribution in [-0.2, 0) is 26.3 Å². The molecule has 0 unspecified atom stereocenters. The average Bonchev–Trinajstić information content (AvgIpc) is 2.82. The van der Waals surface area contributed by atoms with Crippen LogP contribution in [-0.4, -0.2) is 49.2 Å². The first-order valence-corrected chi connectivity index (χ1v) is 7.17. The number of nitrogens with zero attached hydrogens (tertiary/aromatic N) is 3. The SMILES string of the molecule is CCn1ccc(NS(=O)(=O)N(C)CCC(=O)OC)n1. The summed E-state index contributed by atoms with van der Waals surface area (Å²) in [7, 11) is -1.08. The van der Waals surface area contributed by atoms with Crippen molar-refractivity contribution in [1.82, 2.24) is 14.1 Å². The second-order valence-corrected chi connectivity index (χ2v) is 5.59. The largest absolute Gasteiger partial charge is 0.469 e. The van der Waals surface area contributed by atoms with Gasteiger partial charge in [-0.2, -0.15) is 17.8 Å². The Kier molecular flexibility index (Phi) is 5.31. The molecule has 108 valence electrons. The van der Waals surface area contributed by atoms with E-state index in [2.05, 4.69) is 14.6 Å². The minimum absolute atomic E-state index is 0.00267. The minimum atomic E-state index is -3.71. The van der Waals surface area contributed by atoms with Crippen molar-refractivity contribution in [1.29, 1.82) is 0 Å². The molecule has 0 aliphatic carbocycles. The third-order valence-electron chi connectivity index (χ3n) is 2.47. The second kappa shape index (κ2) is 6.53. The van der Waals surface area contributed by atoms with E-state index in [0.29, 0.717) is 6.54 Å². The highest BCUT2D eigenvalue weighted by atomic mass is 32.2. The molecule has 1 aromatic rings. The maximum atomic E-state index is 11.9. The first-order valence-electron chi connectivity index (χ1n) is 5.73. The topological polar surface area (TPSA) is 93.5 Å². The number of hydrogen-bond donors (Lipinski definition) is 1. The summed E-state index contributed by atoms with van der Waals surface area (Å²) >= 11 is 0. The summed E-state index contributed by atoms with van der Waals surface area (Å²) in [4.78, 5) is 11.0. The van der Waals surface area contributed by atoms with Gasteiger partial charge in [-0.05, 0) is 6.92 Å². The maximum absolute atomic E-state index is 11.9. The number of carbonyl (C=O) groups is 1. The first kappa shape index (κ1) is 15.4. The molecule has 0 saturated heterocycles. The smallest absolute Gasteiger partial charge is 0.306 e. The van der Waals surface area contributed by atoms with E-state index in [1.165, 1.54) is 14.2 Å². The van der Waals surface area contributed by atoms with Gasteiger partial charge < -0.3 is 4.74 Å². The van der Waals surface area contributed by atoms with Crippen LogP contribution in [0.1, 0.15) is 13.3 Å². The van der Waals surface area contributed by atoms with E-state index in [1.54, 1.807) is 16.9 Å². The third-order valence-corrected chi connectivity index (χ3v) is 3.94. The van der Waals surface area contributed by atoms with Crippen LogP contribution in [0.25, 0.3) is 0 Å². The van der Waals surface area contributed by atoms with Gasteiger partial charge in [0, 0.05) is 32.4 Å². The number of anilines is 1. The second-order valence-electron chi connectivity index (χ2n) is 3.81. The molecule has 0 saturated carbocycles. The predicted octanol–water partition coefficient (Wildman–Crippen LogP) is 0.0546. The van der Waals surface area contributed by atoms with Crippen LogP contribution in [0.3, 0.4) is 0 Å². The van der Waals surface area contributed by atoms with Crippen molar-refractivity contribution in [2.24, 2.45) is 0 Å². The molecular formula is C10H18N4O4S. The van der Waals surface area contributed by atoms with E-state index >= 15 is 0 Å². The number of esters is 1. The molecule has 1 N–H and O–H groups in total. The van der Waals surface area contributed by atoms with E-state index in [9.17, 15) is 13.2 Å². The molecule has 0 amide bonds. The molecule has 0 aliphatic rings. The van der Waals surface area contributed by atoms with Crippen molar-refractivity contribution in [3.63, 3.8) is 0 Å². The Labute approximate surface area is 112 Å². The van der Waals surface area contributed by atoms with E-state index in [1.807, 2.05) is 6.92 Å². The number of ether oxygens (including phenoxy) is 1. The summed E-state index contributed by atoms with van der Waals surface area (Å²) < 4.78 is 33.2. The standard InChI is InChI=1S/C10H18N4O4S/c1-4-14-8-5-9(11-14)12-19(16,17)13(2)7-6-10(15)18-3/h5,8H,4,6-7H2,1-3H3,(H,11,12). The number of nitrogens with one attached hydrogen (secondary N) is 1. The number of aromatic nitrogens is 2. The van der Waals surface area contributed by atoms with Crippen LogP contribution in [0, 0.1) is 0 Å². The zero-order valence-corrected chi connectivity index (χ0v) is 12.0. The van der Waals surface area contributed by atoms with Gasteiger partial charge in [-0.25, -0.2) is 0 Å². The highest BCUT2D eigenvalue weighted by Gasteiger charge is 2.19. The molecular weight excluding hydrogens is 272 g/mol. The van der Waals surface area contributed by atoms with Gasteiger partial charge in [0.15, 0.2) is 5.82 Å². The van der Waals surface area contributed by atoms with Gasteiger partial charge >= 0.3 is 16.2 Å². The molecule has 8 nitrogen and oxygen atoms in total. The van der Waals surface area contributed by atoms with Gasteiger partial charge in [-0.1, -0.05) is 0 Å². The molecule has 19 heavy (non-hydrogen) atoms. The lowest BCUT2D eigenvalue weighted by molar-refractivity contribution is -0.140. The Bertz CT molecular complexity index is 525. The number of aryl methyl sites for hydroxylation is 1. The fourth-order valence-electron chi connectivity index (χ4n) is 1.27. The van der Waals surface area contributed by atoms with Crippen molar-refractivity contribution in [2.75, 3.05) is 25.4 Å². The fourth-order valence-corrected chi connectivity index (χ4v) is 2.13. The zero-order valence-electron chi connectivity index (χ0n) is 11.2. The summed E-state index contributed by atoms with van der Waals surface area (Å²) in [5, 5.41) is 4.02. The summed E-state index contributed by atoms with van der Waals surface area (Å²) in [6.07, 6.45) is 1.67. The molecule has 0 aliphatic heterocycles. The van der Waals surface area contributed by atoms with Gasteiger partial charge in [0.05, 0.1) is 13.5 Å². The molecule has 0 aromatic carbocycles. The van der Waals surface area contributed by atoms with Crippen LogP contribution < -0.4 is 4.72 Å². The Balaban J connectivity index is 2.61. The molecule has 0 radical (unpaired) electrons. The lowest BCUT2D eigenvalue weighted by atomic mass is 10.4. The van der Waals surface area contributed by atoms with Gasteiger partial charge in [0.25, 0.3) is 0 Å². The van der Waals surface area contributed by atoms with Gasteiger partial charge in [0.1, 0.15) is 0 Å².